The summed E-state index contributed by atoms with van der Waals surface area (Å²) >= 11 is 0. The molecule has 0 bridgehead atoms. The highest BCUT2D eigenvalue weighted by molar-refractivity contribution is 6.13. The molecule has 7 nitrogen and oxygen atoms in total. The fourth-order valence-electron chi connectivity index (χ4n) is 2.60. The van der Waals surface area contributed by atoms with Crippen LogP contribution >= 0.6 is 0 Å². The summed E-state index contributed by atoms with van der Waals surface area (Å²) in [5.74, 6) is -0.0146. The van der Waals surface area contributed by atoms with Gasteiger partial charge >= 0.3 is 5.97 Å². The van der Waals surface area contributed by atoms with Gasteiger partial charge in [0.15, 0.2) is 5.70 Å². The minimum Gasteiger partial charge on any atom is -0.489 e. The first-order valence-electron chi connectivity index (χ1n) is 8.11. The smallest absolute Gasteiger partial charge is 0.363 e. The van der Waals surface area contributed by atoms with Gasteiger partial charge in [-0.15, -0.1) is 0 Å². The van der Waals surface area contributed by atoms with Crippen LogP contribution in [0.4, 0.5) is 5.69 Å². The summed E-state index contributed by atoms with van der Waals surface area (Å²) in [5, 5.41) is 11.1. The molecule has 0 aromatic heterocycles. The van der Waals surface area contributed by atoms with E-state index in [0.29, 0.717) is 29.0 Å². The molecule has 1 aliphatic rings. The number of nitro groups is 1. The number of benzene rings is 2. The van der Waals surface area contributed by atoms with Crippen molar-refractivity contribution < 1.29 is 19.2 Å². The van der Waals surface area contributed by atoms with Crippen molar-refractivity contribution in [2.24, 2.45) is 4.99 Å². The van der Waals surface area contributed by atoms with Crippen molar-refractivity contribution in [1.29, 1.82) is 0 Å². The van der Waals surface area contributed by atoms with Crippen LogP contribution in [0.15, 0.2) is 65.8 Å². The van der Waals surface area contributed by atoms with Crippen LogP contribution in [0.3, 0.4) is 0 Å². The summed E-state index contributed by atoms with van der Waals surface area (Å²) in [6, 6.07) is 11.7. The predicted molar refractivity (Wildman–Crippen MR) is 101 cm³/mol. The SMILES string of the molecule is C=CCOc1ccccc1/C=C1\N=C(c2cccc([N+](=O)[O-])c2C)OC1=O. The second-order valence-corrected chi connectivity index (χ2v) is 5.68. The van der Waals surface area contributed by atoms with E-state index in [1.807, 2.05) is 12.1 Å². The summed E-state index contributed by atoms with van der Waals surface area (Å²) in [5.41, 5.74) is 1.46. The molecule has 3 rings (SSSR count). The topological polar surface area (TPSA) is 91.0 Å². The Balaban J connectivity index is 1.99. The Bertz CT molecular complexity index is 992. The van der Waals surface area contributed by atoms with Gasteiger partial charge in [-0.3, -0.25) is 10.1 Å². The molecular formula is C20H16N2O5. The zero-order valence-electron chi connectivity index (χ0n) is 14.5. The number of nitrogens with zero attached hydrogens (tertiary/aromatic N) is 2. The van der Waals surface area contributed by atoms with Crippen molar-refractivity contribution in [3.8, 4) is 5.75 Å². The molecule has 0 spiro atoms. The van der Waals surface area contributed by atoms with E-state index in [9.17, 15) is 14.9 Å². The molecular weight excluding hydrogens is 348 g/mol. The molecule has 7 heteroatoms. The first-order chi connectivity index (χ1) is 13.0. The third kappa shape index (κ3) is 3.77. The molecule has 0 N–H and O–H groups in total. The quantitative estimate of drug-likeness (QED) is 0.255. The molecule has 136 valence electrons. The van der Waals surface area contributed by atoms with Crippen molar-refractivity contribution in [3.05, 3.63) is 87.6 Å². The van der Waals surface area contributed by atoms with E-state index >= 15 is 0 Å². The molecule has 0 radical (unpaired) electrons. The lowest BCUT2D eigenvalue weighted by Gasteiger charge is -2.06. The minimum atomic E-state index is -0.630. The van der Waals surface area contributed by atoms with Crippen LogP contribution in [-0.2, 0) is 9.53 Å². The molecule has 1 aliphatic heterocycles. The molecule has 1 heterocycles. The van der Waals surface area contributed by atoms with E-state index < -0.39 is 10.9 Å². The standard InChI is InChI=1S/C20H16N2O5/c1-3-11-26-18-10-5-4-7-14(18)12-16-20(23)27-19(21-16)15-8-6-9-17(13(15)2)22(24)25/h3-10,12H,1,11H2,2H3/b16-12-. The van der Waals surface area contributed by atoms with Crippen molar-refractivity contribution in [2.45, 2.75) is 6.92 Å². The Morgan fingerprint density at radius 3 is 2.78 bits per heavy atom. The Labute approximate surface area is 155 Å². The Morgan fingerprint density at radius 2 is 2.04 bits per heavy atom. The molecule has 0 fully saturated rings. The molecule has 0 atom stereocenters. The lowest BCUT2D eigenvalue weighted by molar-refractivity contribution is -0.385. The average molecular weight is 364 g/mol. The number of hydrogen-bond donors (Lipinski definition) is 0. The molecule has 27 heavy (non-hydrogen) atoms. The molecule has 0 aliphatic carbocycles. The van der Waals surface area contributed by atoms with Gasteiger partial charge in [-0.25, -0.2) is 9.79 Å². The highest BCUT2D eigenvalue weighted by atomic mass is 16.6. The van der Waals surface area contributed by atoms with Crippen LogP contribution in [0, 0.1) is 17.0 Å². The number of carbonyl (C=O) groups is 1. The molecule has 2 aromatic rings. The van der Waals surface area contributed by atoms with Gasteiger partial charge in [-0.2, -0.15) is 0 Å². The number of ether oxygens (including phenoxy) is 2. The first-order valence-corrected chi connectivity index (χ1v) is 8.11. The maximum absolute atomic E-state index is 12.2. The van der Waals surface area contributed by atoms with Crippen LogP contribution in [0.5, 0.6) is 5.75 Å². The molecule has 0 amide bonds. The maximum Gasteiger partial charge on any atom is 0.363 e. The Morgan fingerprint density at radius 1 is 1.26 bits per heavy atom. The van der Waals surface area contributed by atoms with E-state index in [1.165, 1.54) is 12.1 Å². The van der Waals surface area contributed by atoms with Crippen LogP contribution in [0.2, 0.25) is 0 Å². The molecule has 0 saturated carbocycles. The van der Waals surface area contributed by atoms with Gasteiger partial charge in [0.1, 0.15) is 12.4 Å². The second kappa shape index (κ2) is 7.65. The number of hydrogen-bond acceptors (Lipinski definition) is 6. The van der Waals surface area contributed by atoms with E-state index in [4.69, 9.17) is 9.47 Å². The average Bonchev–Trinajstić information content (AvgIpc) is 3.01. The zero-order valence-corrected chi connectivity index (χ0v) is 14.5. The summed E-state index contributed by atoms with van der Waals surface area (Å²) < 4.78 is 10.8. The third-order valence-corrected chi connectivity index (χ3v) is 3.92. The third-order valence-electron chi connectivity index (χ3n) is 3.92. The fraction of sp³-hybridized carbons (Fsp3) is 0.100. The number of aliphatic imine (C=N–C) groups is 1. The lowest BCUT2D eigenvalue weighted by Crippen LogP contribution is -2.08. The highest BCUT2D eigenvalue weighted by Crippen LogP contribution is 2.27. The number of esters is 1. The van der Waals surface area contributed by atoms with Gasteiger partial charge in [-0.05, 0) is 25.1 Å². The number of nitro benzene ring substituents is 1. The van der Waals surface area contributed by atoms with Gasteiger partial charge in [0.25, 0.3) is 5.69 Å². The highest BCUT2D eigenvalue weighted by Gasteiger charge is 2.27. The van der Waals surface area contributed by atoms with Crippen molar-refractivity contribution in [2.75, 3.05) is 6.61 Å². The molecule has 0 saturated heterocycles. The Kier molecular flexibility index (Phi) is 5.12. The fourth-order valence-corrected chi connectivity index (χ4v) is 2.60. The van der Waals surface area contributed by atoms with Crippen LogP contribution < -0.4 is 4.74 Å². The first kappa shape index (κ1) is 18.1. The lowest BCUT2D eigenvalue weighted by atomic mass is 10.1. The van der Waals surface area contributed by atoms with E-state index in [1.54, 1.807) is 37.3 Å². The van der Waals surface area contributed by atoms with Crippen molar-refractivity contribution in [3.63, 3.8) is 0 Å². The van der Waals surface area contributed by atoms with Gasteiger partial charge < -0.3 is 9.47 Å². The van der Waals surface area contributed by atoms with Crippen LogP contribution in [-0.4, -0.2) is 23.4 Å². The summed E-state index contributed by atoms with van der Waals surface area (Å²) in [6.45, 7) is 5.52. The summed E-state index contributed by atoms with van der Waals surface area (Å²) in [4.78, 5) is 27.1. The largest absolute Gasteiger partial charge is 0.489 e. The van der Waals surface area contributed by atoms with Gasteiger partial charge in [0.2, 0.25) is 5.90 Å². The molecule has 0 unspecified atom stereocenters. The van der Waals surface area contributed by atoms with Crippen molar-refractivity contribution in [1.82, 2.24) is 0 Å². The van der Waals surface area contributed by atoms with Gasteiger partial charge in [-0.1, -0.05) is 36.9 Å². The number of cyclic esters (lactones) is 1. The number of para-hydroxylation sites is 1. The second-order valence-electron chi connectivity index (χ2n) is 5.68. The van der Waals surface area contributed by atoms with Gasteiger partial charge in [0, 0.05) is 22.8 Å². The summed E-state index contributed by atoms with van der Waals surface area (Å²) in [6.07, 6.45) is 3.18. The van der Waals surface area contributed by atoms with E-state index in [2.05, 4.69) is 11.6 Å². The van der Waals surface area contributed by atoms with Crippen LogP contribution in [0.25, 0.3) is 6.08 Å². The predicted octanol–water partition coefficient (Wildman–Crippen LogP) is 3.81. The number of carbonyl (C=O) groups excluding carboxylic acids is 1. The van der Waals surface area contributed by atoms with E-state index in [-0.39, 0.29) is 17.3 Å². The van der Waals surface area contributed by atoms with Gasteiger partial charge in [0.05, 0.1) is 4.92 Å². The monoisotopic (exact) mass is 364 g/mol. The minimum absolute atomic E-state index is 0.0388. The maximum atomic E-state index is 12.2. The van der Waals surface area contributed by atoms with Crippen molar-refractivity contribution >= 4 is 23.6 Å². The zero-order chi connectivity index (χ0) is 19.4. The van der Waals surface area contributed by atoms with E-state index in [0.717, 1.165) is 0 Å². The number of rotatable bonds is 6. The Hall–Kier alpha value is -3.74. The summed E-state index contributed by atoms with van der Waals surface area (Å²) in [7, 11) is 0. The van der Waals surface area contributed by atoms with Crippen LogP contribution in [0.1, 0.15) is 16.7 Å². The normalized spacial score (nSPS) is 14.6. The molecule has 2 aromatic carbocycles.